The quantitative estimate of drug-likeness (QED) is 0.813. The highest BCUT2D eigenvalue weighted by Gasteiger charge is 2.12. The van der Waals surface area contributed by atoms with Crippen molar-refractivity contribution >= 4 is 21.7 Å². The lowest BCUT2D eigenvalue weighted by molar-refractivity contribution is 0.101. The van der Waals surface area contributed by atoms with E-state index in [4.69, 9.17) is 4.74 Å². The van der Waals surface area contributed by atoms with E-state index in [2.05, 4.69) is 15.9 Å². The second-order valence-corrected chi connectivity index (χ2v) is 3.48. The largest absolute Gasteiger partial charge is 0.504 e. The van der Waals surface area contributed by atoms with Crippen LogP contribution in [0.5, 0.6) is 11.5 Å². The van der Waals surface area contributed by atoms with Crippen LogP contribution in [0.3, 0.4) is 0 Å². The standard InChI is InChI=1S/C9H9BrO3/c1-5(11)7-3-6(10)4-8(13-2)9(7)12/h3-4,12H,1-2H3. The molecule has 0 amide bonds. The molecule has 0 aliphatic carbocycles. The number of rotatable bonds is 2. The first kappa shape index (κ1) is 10.1. The average molecular weight is 245 g/mol. The van der Waals surface area contributed by atoms with Crippen molar-refractivity contribution in [1.82, 2.24) is 0 Å². The van der Waals surface area contributed by atoms with Crippen molar-refractivity contribution in [3.63, 3.8) is 0 Å². The Kier molecular flexibility index (Phi) is 2.93. The number of carbonyl (C=O) groups is 1. The van der Waals surface area contributed by atoms with Crippen molar-refractivity contribution in [2.45, 2.75) is 6.92 Å². The summed E-state index contributed by atoms with van der Waals surface area (Å²) in [6.45, 7) is 1.39. The fraction of sp³-hybridized carbons (Fsp3) is 0.222. The van der Waals surface area contributed by atoms with E-state index in [1.807, 2.05) is 0 Å². The van der Waals surface area contributed by atoms with E-state index >= 15 is 0 Å². The summed E-state index contributed by atoms with van der Waals surface area (Å²) < 4.78 is 5.59. The minimum absolute atomic E-state index is 0.113. The van der Waals surface area contributed by atoms with Gasteiger partial charge < -0.3 is 9.84 Å². The molecule has 0 saturated carbocycles. The summed E-state index contributed by atoms with van der Waals surface area (Å²) >= 11 is 3.21. The lowest BCUT2D eigenvalue weighted by atomic mass is 10.1. The number of benzene rings is 1. The topological polar surface area (TPSA) is 46.5 Å². The molecule has 70 valence electrons. The van der Waals surface area contributed by atoms with E-state index in [1.54, 1.807) is 12.1 Å². The molecule has 13 heavy (non-hydrogen) atoms. The van der Waals surface area contributed by atoms with Gasteiger partial charge in [0.1, 0.15) is 0 Å². The van der Waals surface area contributed by atoms with Crippen molar-refractivity contribution < 1.29 is 14.6 Å². The Morgan fingerprint density at radius 1 is 1.54 bits per heavy atom. The molecule has 0 aliphatic heterocycles. The highest BCUT2D eigenvalue weighted by molar-refractivity contribution is 9.10. The van der Waals surface area contributed by atoms with E-state index in [1.165, 1.54) is 14.0 Å². The van der Waals surface area contributed by atoms with Gasteiger partial charge in [-0.25, -0.2) is 0 Å². The van der Waals surface area contributed by atoms with Gasteiger partial charge in [-0.15, -0.1) is 0 Å². The number of Topliss-reactive ketones (excluding diaryl/α,β-unsaturated/α-hetero) is 1. The van der Waals surface area contributed by atoms with Crippen LogP contribution in [0.25, 0.3) is 0 Å². The summed E-state index contributed by atoms with van der Waals surface area (Å²) in [7, 11) is 1.44. The molecule has 1 rings (SSSR count). The zero-order chi connectivity index (χ0) is 10.0. The van der Waals surface area contributed by atoms with Crippen LogP contribution in [0.4, 0.5) is 0 Å². The molecule has 0 saturated heterocycles. The Morgan fingerprint density at radius 2 is 2.15 bits per heavy atom. The lowest BCUT2D eigenvalue weighted by Gasteiger charge is -2.07. The Bertz CT molecular complexity index is 347. The van der Waals surface area contributed by atoms with Gasteiger partial charge in [-0.2, -0.15) is 0 Å². The first-order valence-corrected chi connectivity index (χ1v) is 4.43. The molecule has 0 unspecified atom stereocenters. The molecule has 0 aliphatic rings. The second kappa shape index (κ2) is 3.79. The predicted octanol–water partition coefficient (Wildman–Crippen LogP) is 2.37. The van der Waals surface area contributed by atoms with Gasteiger partial charge in [0.05, 0.1) is 12.7 Å². The van der Waals surface area contributed by atoms with Gasteiger partial charge in [-0.1, -0.05) is 15.9 Å². The third-order valence-corrected chi connectivity index (χ3v) is 2.10. The Labute approximate surface area is 84.5 Å². The van der Waals surface area contributed by atoms with E-state index in [0.717, 1.165) is 0 Å². The first-order chi connectivity index (χ1) is 6.06. The van der Waals surface area contributed by atoms with Gasteiger partial charge in [-0.3, -0.25) is 4.79 Å². The molecule has 0 radical (unpaired) electrons. The van der Waals surface area contributed by atoms with Crippen LogP contribution < -0.4 is 4.74 Å². The van der Waals surface area contributed by atoms with Gasteiger partial charge in [0.15, 0.2) is 17.3 Å². The molecule has 0 atom stereocenters. The summed E-state index contributed by atoms with van der Waals surface area (Å²) in [5.41, 5.74) is 0.256. The molecule has 4 heteroatoms. The normalized spacial score (nSPS) is 9.77. The van der Waals surface area contributed by atoms with Gasteiger partial charge >= 0.3 is 0 Å². The van der Waals surface area contributed by atoms with Crippen molar-refractivity contribution in [1.29, 1.82) is 0 Å². The van der Waals surface area contributed by atoms with Crippen molar-refractivity contribution in [3.05, 3.63) is 22.2 Å². The number of hydrogen-bond acceptors (Lipinski definition) is 3. The highest BCUT2D eigenvalue weighted by Crippen LogP contribution is 2.33. The molecule has 0 fully saturated rings. The number of halogens is 1. The smallest absolute Gasteiger partial charge is 0.168 e. The third kappa shape index (κ3) is 2.01. The van der Waals surface area contributed by atoms with Gasteiger partial charge in [0, 0.05) is 4.47 Å². The molecule has 1 N–H and O–H groups in total. The zero-order valence-electron chi connectivity index (χ0n) is 7.30. The number of methoxy groups -OCH3 is 1. The molecule has 0 aromatic heterocycles. The zero-order valence-corrected chi connectivity index (χ0v) is 8.88. The SMILES string of the molecule is COc1cc(Br)cc(C(C)=O)c1O. The van der Waals surface area contributed by atoms with Crippen LogP contribution in [0.15, 0.2) is 16.6 Å². The molecule has 1 aromatic carbocycles. The van der Waals surface area contributed by atoms with E-state index in [0.29, 0.717) is 10.2 Å². The average Bonchev–Trinajstić information content (AvgIpc) is 2.08. The number of carbonyl (C=O) groups excluding carboxylic acids is 1. The molecule has 1 aromatic rings. The Hall–Kier alpha value is -1.03. The molecular weight excluding hydrogens is 236 g/mol. The summed E-state index contributed by atoms with van der Waals surface area (Å²) in [5.74, 6) is -0.0186. The maximum Gasteiger partial charge on any atom is 0.168 e. The third-order valence-electron chi connectivity index (χ3n) is 1.64. The molecule has 0 spiro atoms. The fourth-order valence-corrected chi connectivity index (χ4v) is 1.44. The van der Waals surface area contributed by atoms with Crippen LogP contribution >= 0.6 is 15.9 Å². The highest BCUT2D eigenvalue weighted by atomic mass is 79.9. The summed E-state index contributed by atoms with van der Waals surface area (Å²) in [5, 5.41) is 9.52. The number of ketones is 1. The van der Waals surface area contributed by atoms with Crippen LogP contribution in [0, 0.1) is 0 Å². The van der Waals surface area contributed by atoms with Gasteiger partial charge in [0.25, 0.3) is 0 Å². The van der Waals surface area contributed by atoms with Crippen LogP contribution in [0.2, 0.25) is 0 Å². The first-order valence-electron chi connectivity index (χ1n) is 3.63. The summed E-state index contributed by atoms with van der Waals surface area (Å²) in [4.78, 5) is 11.1. The number of hydrogen-bond donors (Lipinski definition) is 1. The molecule has 0 bridgehead atoms. The molecular formula is C9H9BrO3. The minimum atomic E-state index is -0.197. The summed E-state index contributed by atoms with van der Waals surface area (Å²) in [6.07, 6.45) is 0. The Balaban J connectivity index is 3.35. The maximum absolute atomic E-state index is 11.1. The number of aromatic hydroxyl groups is 1. The predicted molar refractivity (Wildman–Crippen MR) is 52.4 cm³/mol. The van der Waals surface area contributed by atoms with E-state index in [9.17, 15) is 9.90 Å². The Morgan fingerprint density at radius 3 is 2.62 bits per heavy atom. The van der Waals surface area contributed by atoms with Crippen LogP contribution in [0.1, 0.15) is 17.3 Å². The van der Waals surface area contributed by atoms with Crippen LogP contribution in [-0.4, -0.2) is 18.0 Å². The number of phenolic OH excluding ortho intramolecular Hbond substituents is 1. The van der Waals surface area contributed by atoms with E-state index < -0.39 is 0 Å². The number of ether oxygens (including phenoxy) is 1. The number of phenols is 1. The van der Waals surface area contributed by atoms with Crippen molar-refractivity contribution in [2.24, 2.45) is 0 Å². The van der Waals surface area contributed by atoms with Crippen molar-refractivity contribution in [3.8, 4) is 11.5 Å². The molecule has 3 nitrogen and oxygen atoms in total. The lowest BCUT2D eigenvalue weighted by Crippen LogP contribution is -1.95. The van der Waals surface area contributed by atoms with Gasteiger partial charge in [0.2, 0.25) is 0 Å². The monoisotopic (exact) mass is 244 g/mol. The van der Waals surface area contributed by atoms with Gasteiger partial charge in [-0.05, 0) is 19.1 Å². The minimum Gasteiger partial charge on any atom is -0.504 e. The fourth-order valence-electron chi connectivity index (χ4n) is 0.998. The van der Waals surface area contributed by atoms with Crippen LogP contribution in [-0.2, 0) is 0 Å². The van der Waals surface area contributed by atoms with Crippen molar-refractivity contribution in [2.75, 3.05) is 7.11 Å². The second-order valence-electron chi connectivity index (χ2n) is 2.56. The maximum atomic E-state index is 11.1. The molecule has 0 heterocycles. The summed E-state index contributed by atoms with van der Waals surface area (Å²) in [6, 6.07) is 3.15. The van der Waals surface area contributed by atoms with E-state index in [-0.39, 0.29) is 17.1 Å².